The first-order valence-corrected chi connectivity index (χ1v) is 22.9. The van der Waals surface area contributed by atoms with Crippen LogP contribution in [-0.2, 0) is 21.4 Å². The highest BCUT2D eigenvalue weighted by atomic mass is 35.5. The Hall–Kier alpha value is -4.90. The lowest BCUT2D eigenvalue weighted by Crippen LogP contribution is -2.35. The number of aldehydes is 1. The molecular weight excluding hydrogens is 859 g/mol. The number of nitrogens with zero attached hydrogens (tertiary/aromatic N) is 1. The van der Waals surface area contributed by atoms with Crippen molar-refractivity contribution in [3.05, 3.63) is 143 Å². The van der Waals surface area contributed by atoms with Crippen LogP contribution in [0.25, 0.3) is 11.1 Å². The predicted octanol–water partition coefficient (Wildman–Crippen LogP) is 8.84. The van der Waals surface area contributed by atoms with E-state index < -0.39 is 41.2 Å². The van der Waals surface area contributed by atoms with Crippen molar-refractivity contribution in [3.8, 4) is 11.1 Å². The molecule has 5 rings (SSSR count). The van der Waals surface area contributed by atoms with Gasteiger partial charge < -0.3 is 25.9 Å². The maximum Gasteiger partial charge on any atom is 0.401 e. The smallest absolute Gasteiger partial charge is 0.396 e. The molecule has 5 aromatic carbocycles. The monoisotopic (exact) mass is 909 g/mol. The normalized spacial score (nSPS) is 12.8. The summed E-state index contributed by atoms with van der Waals surface area (Å²) in [6.07, 6.45) is -3.05. The van der Waals surface area contributed by atoms with E-state index in [9.17, 15) is 36.3 Å². The number of hydrogen-bond donors (Lipinski definition) is 5. The van der Waals surface area contributed by atoms with Gasteiger partial charge in [0.15, 0.2) is 0 Å². The lowest BCUT2D eigenvalue weighted by Gasteiger charge is -2.27. The summed E-state index contributed by atoms with van der Waals surface area (Å²) < 4.78 is 68.8. The SMILES string of the molecule is CN(CC[C@H](CSc1ccccc1)Nc1ccc(S(=O)(=O)NC(=O)c2ccc(NCCNCc3ccccc3-c3ccc(Cl)cc3)cc2)cc1C(CO)CCC=O)CC(F)(F)F. The van der Waals surface area contributed by atoms with Gasteiger partial charge in [0, 0.05) is 77.2 Å². The fraction of sp³-hybridized carbons (Fsp3) is 0.304. The second-order valence-electron chi connectivity index (χ2n) is 14.8. The van der Waals surface area contributed by atoms with Crippen LogP contribution >= 0.6 is 23.4 Å². The number of nitrogens with one attached hydrogen (secondary N) is 4. The second kappa shape index (κ2) is 23.5. The van der Waals surface area contributed by atoms with Gasteiger partial charge in [-0.15, -0.1) is 11.8 Å². The van der Waals surface area contributed by atoms with Crippen molar-refractivity contribution >= 4 is 57.0 Å². The lowest BCUT2D eigenvalue weighted by atomic mass is 9.93. The van der Waals surface area contributed by atoms with Crippen LogP contribution in [0.4, 0.5) is 24.5 Å². The Balaban J connectivity index is 1.23. The van der Waals surface area contributed by atoms with Gasteiger partial charge in [0.25, 0.3) is 15.9 Å². The number of alkyl halides is 3. The summed E-state index contributed by atoms with van der Waals surface area (Å²) in [5, 5.41) is 21.2. The summed E-state index contributed by atoms with van der Waals surface area (Å²) in [4.78, 5) is 26.5. The number of aliphatic hydroxyl groups is 1. The highest BCUT2D eigenvalue weighted by Crippen LogP contribution is 2.33. The summed E-state index contributed by atoms with van der Waals surface area (Å²) in [6, 6.07) is 35.6. The molecule has 0 aliphatic rings. The highest BCUT2D eigenvalue weighted by Gasteiger charge is 2.30. The summed E-state index contributed by atoms with van der Waals surface area (Å²) in [6.45, 7) is 0.505. The first-order valence-electron chi connectivity index (χ1n) is 20.1. The Kier molecular flexibility index (Phi) is 18.3. The molecule has 1 amide bonds. The molecule has 1 unspecified atom stereocenters. The average molecular weight is 911 g/mol. The van der Waals surface area contributed by atoms with Crippen molar-refractivity contribution in [2.75, 3.05) is 56.2 Å². The number of aliphatic hydroxyl groups excluding tert-OH is 1. The fourth-order valence-corrected chi connectivity index (χ4v) is 8.89. The molecule has 2 atom stereocenters. The third-order valence-electron chi connectivity index (χ3n) is 9.98. The van der Waals surface area contributed by atoms with Crippen LogP contribution in [-0.4, -0.2) is 88.4 Å². The molecule has 62 heavy (non-hydrogen) atoms. The number of anilines is 2. The molecule has 0 spiro atoms. The maximum atomic E-state index is 13.7. The van der Waals surface area contributed by atoms with E-state index in [1.54, 1.807) is 12.1 Å². The van der Waals surface area contributed by atoms with Crippen LogP contribution in [0.2, 0.25) is 5.02 Å². The Morgan fingerprint density at radius 3 is 2.31 bits per heavy atom. The number of carbonyl (C=O) groups is 2. The first kappa shape index (κ1) is 48.1. The molecule has 5 N–H and O–H groups in total. The van der Waals surface area contributed by atoms with Gasteiger partial charge in [-0.1, -0.05) is 66.2 Å². The van der Waals surface area contributed by atoms with Gasteiger partial charge >= 0.3 is 6.18 Å². The maximum absolute atomic E-state index is 13.7. The standard InChI is InChI=1S/C46H51ClF3N5O5S2/c1-55(32-46(48,49)50)26-23-39(31-61-40-10-3-2-4-11-40)53-44-22-21-41(28-43(44)36(30-57)9-7-27-56)62(59,60)54-45(58)34-15-19-38(20-16-34)52-25-24-51-29-35-8-5-6-12-42(35)33-13-17-37(47)18-14-33/h2-6,8,10-22,27-28,36,39,51-53,57H,7,9,23-26,29-32H2,1H3,(H,54,58)/t36?,39-/m1/s1. The number of sulfonamides is 1. The quantitative estimate of drug-likeness (QED) is 0.0232. The second-order valence-corrected chi connectivity index (χ2v) is 18.0. The van der Waals surface area contributed by atoms with Crippen molar-refractivity contribution in [2.24, 2.45) is 0 Å². The largest absolute Gasteiger partial charge is 0.401 e. The Labute approximate surface area is 370 Å². The average Bonchev–Trinajstić information content (AvgIpc) is 3.25. The van der Waals surface area contributed by atoms with E-state index in [0.717, 1.165) is 27.3 Å². The van der Waals surface area contributed by atoms with Crippen molar-refractivity contribution in [2.45, 2.75) is 53.7 Å². The third-order valence-corrected chi connectivity index (χ3v) is 12.7. The van der Waals surface area contributed by atoms with Gasteiger partial charge in [-0.2, -0.15) is 13.2 Å². The van der Waals surface area contributed by atoms with E-state index in [4.69, 9.17) is 11.6 Å². The van der Waals surface area contributed by atoms with Gasteiger partial charge in [-0.05, 0) is 109 Å². The van der Waals surface area contributed by atoms with E-state index in [0.29, 0.717) is 54.4 Å². The molecule has 0 radical (unpaired) electrons. The zero-order chi connectivity index (χ0) is 44.5. The first-order chi connectivity index (χ1) is 29.7. The molecular formula is C46H51ClF3N5O5S2. The van der Waals surface area contributed by atoms with Crippen molar-refractivity contribution in [1.29, 1.82) is 0 Å². The van der Waals surface area contributed by atoms with Crippen LogP contribution in [0.15, 0.2) is 131 Å². The lowest BCUT2D eigenvalue weighted by molar-refractivity contribution is -0.143. The minimum absolute atomic E-state index is 0.0922. The number of rotatable bonds is 24. The number of hydrogen-bond acceptors (Lipinski definition) is 10. The van der Waals surface area contributed by atoms with Gasteiger partial charge in [0.2, 0.25) is 0 Å². The number of benzene rings is 5. The molecule has 0 bridgehead atoms. The van der Waals surface area contributed by atoms with Gasteiger partial charge in [0.1, 0.15) is 6.29 Å². The summed E-state index contributed by atoms with van der Waals surface area (Å²) in [5.74, 6) is -1.05. The van der Waals surface area contributed by atoms with E-state index in [1.807, 2.05) is 66.7 Å². The summed E-state index contributed by atoms with van der Waals surface area (Å²) in [5.41, 5.74) is 5.02. The Bertz CT molecular complexity index is 2310. The van der Waals surface area contributed by atoms with Crippen molar-refractivity contribution in [3.63, 3.8) is 0 Å². The molecule has 16 heteroatoms. The molecule has 330 valence electrons. The molecule has 0 fully saturated rings. The molecule has 0 heterocycles. The van der Waals surface area contributed by atoms with E-state index >= 15 is 0 Å². The van der Waals surface area contributed by atoms with Gasteiger partial charge in [-0.3, -0.25) is 9.69 Å². The topological polar surface area (TPSA) is 140 Å². The van der Waals surface area contributed by atoms with E-state index in [-0.39, 0.29) is 35.9 Å². The van der Waals surface area contributed by atoms with Crippen molar-refractivity contribution < 1.29 is 36.3 Å². The zero-order valence-electron chi connectivity index (χ0n) is 34.2. The van der Waals surface area contributed by atoms with Gasteiger partial charge in [-0.25, -0.2) is 13.1 Å². The van der Waals surface area contributed by atoms with Gasteiger partial charge in [0.05, 0.1) is 18.0 Å². The van der Waals surface area contributed by atoms with E-state index in [2.05, 4.69) is 32.8 Å². The Morgan fingerprint density at radius 1 is 0.903 bits per heavy atom. The van der Waals surface area contributed by atoms with E-state index in [1.165, 1.54) is 54.0 Å². The highest BCUT2D eigenvalue weighted by molar-refractivity contribution is 7.99. The molecule has 10 nitrogen and oxygen atoms in total. The van der Waals surface area contributed by atoms with Crippen LogP contribution in [0.3, 0.4) is 0 Å². The molecule has 0 aliphatic heterocycles. The van der Waals surface area contributed by atoms with Crippen molar-refractivity contribution in [1.82, 2.24) is 14.9 Å². The molecule has 0 saturated carbocycles. The van der Waals surface area contributed by atoms with Crippen LogP contribution in [0, 0.1) is 0 Å². The van der Waals surface area contributed by atoms with Crippen LogP contribution in [0.5, 0.6) is 0 Å². The summed E-state index contributed by atoms with van der Waals surface area (Å²) >= 11 is 7.58. The molecule has 5 aromatic rings. The minimum Gasteiger partial charge on any atom is -0.396 e. The number of carbonyl (C=O) groups excluding carboxylic acids is 2. The number of halogens is 4. The number of amides is 1. The zero-order valence-corrected chi connectivity index (χ0v) is 36.6. The minimum atomic E-state index is -4.42. The number of thioether (sulfide) groups is 1. The van der Waals surface area contributed by atoms with Crippen LogP contribution < -0.4 is 20.7 Å². The Morgan fingerprint density at radius 2 is 1.61 bits per heavy atom. The fourth-order valence-electron chi connectivity index (χ4n) is 6.77. The molecule has 0 saturated heterocycles. The van der Waals surface area contributed by atoms with Crippen LogP contribution in [0.1, 0.15) is 46.7 Å². The molecule has 0 aliphatic carbocycles. The third kappa shape index (κ3) is 15.2. The molecule has 0 aromatic heterocycles. The summed E-state index contributed by atoms with van der Waals surface area (Å²) in [7, 11) is -3.03. The predicted molar refractivity (Wildman–Crippen MR) is 242 cm³/mol.